The third kappa shape index (κ3) is 6.22. The molecule has 3 atom stereocenters. The van der Waals surface area contributed by atoms with Crippen LogP contribution in [-0.4, -0.2) is 43.2 Å². The number of amides is 2. The van der Waals surface area contributed by atoms with E-state index in [1.165, 1.54) is 0 Å². The number of hydrogen-bond donors (Lipinski definition) is 3. The summed E-state index contributed by atoms with van der Waals surface area (Å²) in [4.78, 5) is 24.5. The highest BCUT2D eigenvalue weighted by Crippen LogP contribution is 2.25. The Morgan fingerprint density at radius 2 is 1.79 bits per heavy atom. The lowest BCUT2D eigenvalue weighted by molar-refractivity contribution is -0.129. The first-order valence-electron chi connectivity index (χ1n) is 8.91. The highest BCUT2D eigenvalue weighted by atomic mass is 35.5. The normalized spacial score (nSPS) is 26.3. The molecule has 1 saturated carbocycles. The summed E-state index contributed by atoms with van der Waals surface area (Å²) >= 11 is 0. The van der Waals surface area contributed by atoms with E-state index in [9.17, 15) is 9.59 Å². The van der Waals surface area contributed by atoms with Crippen molar-refractivity contribution in [2.75, 3.05) is 13.2 Å². The van der Waals surface area contributed by atoms with Gasteiger partial charge in [0.05, 0.1) is 6.04 Å². The molecule has 2 rings (SSSR count). The molecule has 0 aromatic heterocycles. The van der Waals surface area contributed by atoms with Crippen LogP contribution >= 0.6 is 12.4 Å². The van der Waals surface area contributed by atoms with Gasteiger partial charge < -0.3 is 21.1 Å². The maximum absolute atomic E-state index is 12.4. The molecule has 6 nitrogen and oxygen atoms in total. The van der Waals surface area contributed by atoms with Gasteiger partial charge in [0.15, 0.2) is 0 Å². The van der Waals surface area contributed by atoms with Crippen LogP contribution in [0.25, 0.3) is 0 Å². The molecule has 24 heavy (non-hydrogen) atoms. The van der Waals surface area contributed by atoms with Crippen molar-refractivity contribution >= 4 is 24.2 Å². The Kier molecular flexibility index (Phi) is 9.02. The van der Waals surface area contributed by atoms with Gasteiger partial charge in [-0.1, -0.05) is 6.42 Å². The molecule has 0 radical (unpaired) electrons. The molecular formula is C17H32ClN3O3. The fraction of sp³-hybridized carbons (Fsp3) is 0.882. The minimum absolute atomic E-state index is 0. The molecule has 140 valence electrons. The molecule has 4 N–H and O–H groups in total. The van der Waals surface area contributed by atoms with Crippen LogP contribution in [0.3, 0.4) is 0 Å². The van der Waals surface area contributed by atoms with Gasteiger partial charge in [0, 0.05) is 31.2 Å². The number of rotatable bonds is 5. The average Bonchev–Trinajstić information content (AvgIpc) is 2.54. The zero-order chi connectivity index (χ0) is 16.8. The van der Waals surface area contributed by atoms with E-state index in [0.29, 0.717) is 19.6 Å². The van der Waals surface area contributed by atoms with Crippen molar-refractivity contribution in [1.29, 1.82) is 0 Å². The predicted molar refractivity (Wildman–Crippen MR) is 95.9 cm³/mol. The molecule has 7 heteroatoms. The SMILES string of the molecule is CC(C)NC(=O)C1CCCC(NC(=O)C(N)C2CCOCC2)C1.Cl. The molecule has 3 unspecified atom stereocenters. The molecular weight excluding hydrogens is 330 g/mol. The monoisotopic (exact) mass is 361 g/mol. The van der Waals surface area contributed by atoms with E-state index in [-0.39, 0.29) is 48.1 Å². The smallest absolute Gasteiger partial charge is 0.237 e. The molecule has 2 fully saturated rings. The molecule has 1 aliphatic heterocycles. The fourth-order valence-electron chi connectivity index (χ4n) is 3.55. The summed E-state index contributed by atoms with van der Waals surface area (Å²) in [5.74, 6) is 0.225. The lowest BCUT2D eigenvalue weighted by atomic mass is 9.84. The molecule has 1 saturated heterocycles. The highest BCUT2D eigenvalue weighted by Gasteiger charge is 2.31. The summed E-state index contributed by atoms with van der Waals surface area (Å²) in [5, 5.41) is 6.04. The number of ether oxygens (including phenoxy) is 1. The van der Waals surface area contributed by atoms with Crippen LogP contribution in [0.1, 0.15) is 52.4 Å². The first-order chi connectivity index (χ1) is 11.0. The summed E-state index contributed by atoms with van der Waals surface area (Å²) in [6, 6.07) is -0.256. The topological polar surface area (TPSA) is 93.5 Å². The van der Waals surface area contributed by atoms with E-state index in [4.69, 9.17) is 10.5 Å². The van der Waals surface area contributed by atoms with Crippen molar-refractivity contribution in [1.82, 2.24) is 10.6 Å². The van der Waals surface area contributed by atoms with Crippen LogP contribution in [0.2, 0.25) is 0 Å². The number of nitrogens with one attached hydrogen (secondary N) is 2. The van der Waals surface area contributed by atoms with Crippen LogP contribution < -0.4 is 16.4 Å². The van der Waals surface area contributed by atoms with Crippen molar-refractivity contribution in [3.05, 3.63) is 0 Å². The Balaban J connectivity index is 0.00000288. The van der Waals surface area contributed by atoms with Crippen molar-refractivity contribution in [3.63, 3.8) is 0 Å². The second-order valence-corrected chi connectivity index (χ2v) is 7.21. The van der Waals surface area contributed by atoms with E-state index in [2.05, 4.69) is 10.6 Å². The van der Waals surface area contributed by atoms with Gasteiger partial charge in [-0.3, -0.25) is 9.59 Å². The maximum atomic E-state index is 12.4. The molecule has 2 aliphatic rings. The van der Waals surface area contributed by atoms with Gasteiger partial charge in [-0.05, 0) is 51.9 Å². The Morgan fingerprint density at radius 1 is 1.12 bits per heavy atom. The first kappa shape index (κ1) is 21.2. The van der Waals surface area contributed by atoms with Gasteiger partial charge >= 0.3 is 0 Å². The fourth-order valence-corrected chi connectivity index (χ4v) is 3.55. The van der Waals surface area contributed by atoms with Gasteiger partial charge in [-0.15, -0.1) is 12.4 Å². The standard InChI is InChI=1S/C17H31N3O3.ClH/c1-11(2)19-16(21)13-4-3-5-14(10-13)20-17(22)15(18)12-6-8-23-9-7-12;/h11-15H,3-10,18H2,1-2H3,(H,19,21)(H,20,22);1H. The van der Waals surface area contributed by atoms with Gasteiger partial charge in [-0.2, -0.15) is 0 Å². The summed E-state index contributed by atoms with van der Waals surface area (Å²) in [6.45, 7) is 5.30. The van der Waals surface area contributed by atoms with Gasteiger partial charge in [0.25, 0.3) is 0 Å². The maximum Gasteiger partial charge on any atom is 0.237 e. The van der Waals surface area contributed by atoms with Crippen LogP contribution in [0, 0.1) is 11.8 Å². The van der Waals surface area contributed by atoms with Crippen molar-refractivity contribution in [3.8, 4) is 0 Å². The number of halogens is 1. The summed E-state index contributed by atoms with van der Waals surface area (Å²) in [5.41, 5.74) is 6.12. The summed E-state index contributed by atoms with van der Waals surface area (Å²) in [7, 11) is 0. The Morgan fingerprint density at radius 3 is 2.42 bits per heavy atom. The van der Waals surface area contributed by atoms with E-state index in [0.717, 1.165) is 32.1 Å². The third-order valence-corrected chi connectivity index (χ3v) is 4.90. The van der Waals surface area contributed by atoms with Gasteiger partial charge in [0.2, 0.25) is 11.8 Å². The van der Waals surface area contributed by atoms with E-state index in [1.807, 2.05) is 13.8 Å². The second-order valence-electron chi connectivity index (χ2n) is 7.21. The molecule has 0 bridgehead atoms. The number of carbonyl (C=O) groups excluding carboxylic acids is 2. The predicted octanol–water partition coefficient (Wildman–Crippen LogP) is 1.36. The molecule has 1 heterocycles. The molecule has 0 aromatic rings. The number of carbonyl (C=O) groups is 2. The first-order valence-corrected chi connectivity index (χ1v) is 8.91. The summed E-state index contributed by atoms with van der Waals surface area (Å²) < 4.78 is 5.32. The van der Waals surface area contributed by atoms with Crippen molar-refractivity contribution in [2.45, 2.75) is 70.5 Å². The zero-order valence-corrected chi connectivity index (χ0v) is 15.6. The molecule has 0 aromatic carbocycles. The Hall–Kier alpha value is -0.850. The number of hydrogen-bond acceptors (Lipinski definition) is 4. The van der Waals surface area contributed by atoms with Crippen molar-refractivity contribution < 1.29 is 14.3 Å². The average molecular weight is 362 g/mol. The van der Waals surface area contributed by atoms with Crippen LogP contribution in [0.4, 0.5) is 0 Å². The quantitative estimate of drug-likeness (QED) is 0.689. The minimum atomic E-state index is -0.469. The molecule has 1 aliphatic carbocycles. The lowest BCUT2D eigenvalue weighted by Crippen LogP contribution is -2.51. The van der Waals surface area contributed by atoms with E-state index in [1.54, 1.807) is 0 Å². The molecule has 0 spiro atoms. The van der Waals surface area contributed by atoms with Crippen LogP contribution in [-0.2, 0) is 14.3 Å². The third-order valence-electron chi connectivity index (χ3n) is 4.90. The minimum Gasteiger partial charge on any atom is -0.381 e. The number of nitrogens with two attached hydrogens (primary N) is 1. The van der Waals surface area contributed by atoms with E-state index < -0.39 is 6.04 Å². The summed E-state index contributed by atoms with van der Waals surface area (Å²) in [6.07, 6.45) is 5.20. The largest absolute Gasteiger partial charge is 0.381 e. The second kappa shape index (κ2) is 10.2. The van der Waals surface area contributed by atoms with Crippen LogP contribution in [0.15, 0.2) is 0 Å². The lowest BCUT2D eigenvalue weighted by Gasteiger charge is -2.32. The van der Waals surface area contributed by atoms with Gasteiger partial charge in [0.1, 0.15) is 0 Å². The molecule has 2 amide bonds. The zero-order valence-electron chi connectivity index (χ0n) is 14.8. The Bertz CT molecular complexity index is 414. The Labute approximate surface area is 151 Å². The highest BCUT2D eigenvalue weighted by molar-refractivity contribution is 5.85. The van der Waals surface area contributed by atoms with Crippen LogP contribution in [0.5, 0.6) is 0 Å². The van der Waals surface area contributed by atoms with E-state index >= 15 is 0 Å². The van der Waals surface area contributed by atoms with Gasteiger partial charge in [-0.25, -0.2) is 0 Å². The van der Waals surface area contributed by atoms with Crippen molar-refractivity contribution in [2.24, 2.45) is 17.6 Å².